The lowest BCUT2D eigenvalue weighted by Crippen LogP contribution is -2.37. The first kappa shape index (κ1) is 22.9. The molecule has 1 aromatic carbocycles. The van der Waals surface area contributed by atoms with Crippen molar-refractivity contribution in [1.29, 1.82) is 0 Å². The average Bonchev–Trinajstić information content (AvgIpc) is 3.32. The molecule has 0 bridgehead atoms. The summed E-state index contributed by atoms with van der Waals surface area (Å²) in [5.41, 5.74) is 4.11. The van der Waals surface area contributed by atoms with E-state index < -0.39 is 0 Å². The summed E-state index contributed by atoms with van der Waals surface area (Å²) in [6.07, 6.45) is 11.8. The van der Waals surface area contributed by atoms with Crippen LogP contribution in [0.25, 0.3) is 17.1 Å². The van der Waals surface area contributed by atoms with E-state index in [4.69, 9.17) is 4.74 Å². The molecule has 9 nitrogen and oxygen atoms in total. The minimum atomic E-state index is -0.0931. The van der Waals surface area contributed by atoms with Crippen LogP contribution in [0.4, 0.5) is 5.69 Å². The van der Waals surface area contributed by atoms with Crippen molar-refractivity contribution in [1.82, 2.24) is 29.5 Å². The SMILES string of the molecule is COCC1CCCN(c2cnc(-c3cccc(Cc4nn(-c5cnn(C)c5)ccc4=O)c3)nc2)C1. The largest absolute Gasteiger partial charge is 0.384 e. The second kappa shape index (κ2) is 10.2. The number of benzene rings is 1. The lowest BCUT2D eigenvalue weighted by atomic mass is 9.99. The molecule has 5 rings (SSSR count). The highest BCUT2D eigenvalue weighted by Crippen LogP contribution is 2.24. The van der Waals surface area contributed by atoms with Crippen molar-refractivity contribution in [3.8, 4) is 17.1 Å². The monoisotopic (exact) mass is 471 g/mol. The maximum absolute atomic E-state index is 12.5. The first-order valence-corrected chi connectivity index (χ1v) is 11.8. The Morgan fingerprint density at radius 1 is 1.11 bits per heavy atom. The highest BCUT2D eigenvalue weighted by Gasteiger charge is 2.20. The Kier molecular flexibility index (Phi) is 6.67. The Morgan fingerprint density at radius 3 is 2.74 bits per heavy atom. The van der Waals surface area contributed by atoms with Crippen LogP contribution in [0.3, 0.4) is 0 Å². The molecule has 0 amide bonds. The zero-order valence-corrected chi connectivity index (χ0v) is 20.0. The Balaban J connectivity index is 1.33. The molecule has 4 aromatic rings. The Morgan fingerprint density at radius 2 is 1.97 bits per heavy atom. The first-order chi connectivity index (χ1) is 17.1. The third-order valence-electron chi connectivity index (χ3n) is 6.32. The Hall–Kier alpha value is -3.85. The third-order valence-corrected chi connectivity index (χ3v) is 6.32. The number of rotatable bonds is 7. The number of aryl methyl sites for hydroxylation is 1. The van der Waals surface area contributed by atoms with Gasteiger partial charge in [0.1, 0.15) is 11.4 Å². The smallest absolute Gasteiger partial charge is 0.203 e. The van der Waals surface area contributed by atoms with Gasteiger partial charge in [-0.1, -0.05) is 18.2 Å². The fourth-order valence-corrected chi connectivity index (χ4v) is 4.56. The molecule has 0 radical (unpaired) electrons. The lowest BCUT2D eigenvalue weighted by Gasteiger charge is -2.33. The second-order valence-corrected chi connectivity index (χ2v) is 9.00. The summed E-state index contributed by atoms with van der Waals surface area (Å²) in [6.45, 7) is 2.76. The van der Waals surface area contributed by atoms with Crippen LogP contribution in [0.1, 0.15) is 24.1 Å². The van der Waals surface area contributed by atoms with Gasteiger partial charge in [0.05, 0.1) is 37.1 Å². The fourth-order valence-electron chi connectivity index (χ4n) is 4.56. The van der Waals surface area contributed by atoms with E-state index in [0.29, 0.717) is 23.9 Å². The van der Waals surface area contributed by atoms with E-state index in [2.05, 4.69) is 25.1 Å². The maximum atomic E-state index is 12.5. The van der Waals surface area contributed by atoms with Crippen molar-refractivity contribution in [2.24, 2.45) is 13.0 Å². The van der Waals surface area contributed by atoms with Crippen LogP contribution in [0, 0.1) is 5.92 Å². The first-order valence-electron chi connectivity index (χ1n) is 11.8. The predicted molar refractivity (Wildman–Crippen MR) is 134 cm³/mol. The zero-order valence-electron chi connectivity index (χ0n) is 20.0. The van der Waals surface area contributed by atoms with Gasteiger partial charge in [-0.2, -0.15) is 10.2 Å². The normalized spacial score (nSPS) is 15.9. The van der Waals surface area contributed by atoms with Gasteiger partial charge in [0.15, 0.2) is 5.82 Å². The van der Waals surface area contributed by atoms with E-state index in [-0.39, 0.29) is 5.43 Å². The molecule has 1 saturated heterocycles. The van der Waals surface area contributed by atoms with E-state index in [1.54, 1.807) is 34.9 Å². The molecule has 4 heterocycles. The van der Waals surface area contributed by atoms with Crippen LogP contribution in [-0.4, -0.2) is 56.3 Å². The van der Waals surface area contributed by atoms with Gasteiger partial charge in [0.25, 0.3) is 0 Å². The second-order valence-electron chi connectivity index (χ2n) is 9.00. The fraction of sp³-hybridized carbons (Fsp3) is 0.346. The molecule has 1 fully saturated rings. The molecule has 0 spiro atoms. The zero-order chi connectivity index (χ0) is 24.2. The summed E-state index contributed by atoms with van der Waals surface area (Å²) in [5.74, 6) is 1.20. The van der Waals surface area contributed by atoms with Gasteiger partial charge in [0, 0.05) is 51.5 Å². The summed E-state index contributed by atoms with van der Waals surface area (Å²) < 4.78 is 8.72. The summed E-state index contributed by atoms with van der Waals surface area (Å²) >= 11 is 0. The molecule has 0 N–H and O–H groups in total. The molecular formula is C26H29N7O2. The molecule has 0 aliphatic carbocycles. The Bertz CT molecular complexity index is 1340. The van der Waals surface area contributed by atoms with E-state index >= 15 is 0 Å². The number of hydrogen-bond acceptors (Lipinski definition) is 7. The van der Waals surface area contributed by atoms with Crippen molar-refractivity contribution in [2.45, 2.75) is 19.3 Å². The van der Waals surface area contributed by atoms with E-state index in [1.807, 2.05) is 49.9 Å². The number of methoxy groups -OCH3 is 1. The minimum absolute atomic E-state index is 0.0931. The van der Waals surface area contributed by atoms with Crippen molar-refractivity contribution in [3.63, 3.8) is 0 Å². The average molecular weight is 472 g/mol. The van der Waals surface area contributed by atoms with Gasteiger partial charge in [0.2, 0.25) is 5.43 Å². The molecular weight excluding hydrogens is 442 g/mol. The summed E-state index contributed by atoms with van der Waals surface area (Å²) in [7, 11) is 3.60. The Labute approximate surface area is 204 Å². The molecule has 1 unspecified atom stereocenters. The van der Waals surface area contributed by atoms with E-state index in [0.717, 1.165) is 48.6 Å². The summed E-state index contributed by atoms with van der Waals surface area (Å²) in [6, 6.07) is 9.50. The lowest BCUT2D eigenvalue weighted by molar-refractivity contribution is 0.143. The number of piperidine rings is 1. The number of hydrogen-bond donors (Lipinski definition) is 0. The minimum Gasteiger partial charge on any atom is -0.384 e. The van der Waals surface area contributed by atoms with Crippen LogP contribution >= 0.6 is 0 Å². The maximum Gasteiger partial charge on any atom is 0.203 e. The van der Waals surface area contributed by atoms with Crippen molar-refractivity contribution >= 4 is 5.69 Å². The highest BCUT2D eigenvalue weighted by molar-refractivity contribution is 5.58. The molecule has 35 heavy (non-hydrogen) atoms. The van der Waals surface area contributed by atoms with Gasteiger partial charge in [-0.3, -0.25) is 9.48 Å². The van der Waals surface area contributed by atoms with Crippen LogP contribution in [0.15, 0.2) is 66.1 Å². The van der Waals surface area contributed by atoms with Crippen molar-refractivity contribution in [2.75, 3.05) is 31.7 Å². The molecule has 9 heteroatoms. The standard InChI is InChI=1S/C26H29N7O2/c1-31-17-23(15-29-31)33-10-8-25(34)24(30-33)12-19-5-3-7-21(11-19)26-27-13-22(14-28-26)32-9-4-6-20(16-32)18-35-2/h3,5,7-8,10-11,13-15,17,20H,4,6,9,12,16,18H2,1-2H3. The van der Waals surface area contributed by atoms with Gasteiger partial charge in [-0.05, 0) is 30.4 Å². The quantitative estimate of drug-likeness (QED) is 0.409. The van der Waals surface area contributed by atoms with Gasteiger partial charge < -0.3 is 9.64 Å². The molecule has 0 saturated carbocycles. The van der Waals surface area contributed by atoms with Crippen LogP contribution in [-0.2, 0) is 18.2 Å². The number of nitrogens with zero attached hydrogens (tertiary/aromatic N) is 7. The van der Waals surface area contributed by atoms with E-state index in [9.17, 15) is 4.79 Å². The summed E-state index contributed by atoms with van der Waals surface area (Å²) in [4.78, 5) is 24.1. The van der Waals surface area contributed by atoms with Gasteiger partial charge in [-0.25, -0.2) is 14.6 Å². The van der Waals surface area contributed by atoms with Crippen molar-refractivity contribution < 1.29 is 4.74 Å². The number of ether oxygens (including phenoxy) is 1. The summed E-state index contributed by atoms with van der Waals surface area (Å²) in [5, 5.41) is 8.72. The van der Waals surface area contributed by atoms with E-state index in [1.165, 1.54) is 6.42 Å². The van der Waals surface area contributed by atoms with Crippen LogP contribution in [0.5, 0.6) is 0 Å². The molecule has 1 aliphatic heterocycles. The van der Waals surface area contributed by atoms with Gasteiger partial charge >= 0.3 is 0 Å². The number of anilines is 1. The molecule has 1 aliphatic rings. The molecule has 1 atom stereocenters. The van der Waals surface area contributed by atoms with Gasteiger partial charge in [-0.15, -0.1) is 0 Å². The highest BCUT2D eigenvalue weighted by atomic mass is 16.5. The van der Waals surface area contributed by atoms with Crippen LogP contribution < -0.4 is 10.3 Å². The topological polar surface area (TPSA) is 91.0 Å². The predicted octanol–water partition coefficient (Wildman–Crippen LogP) is 2.88. The molecule has 3 aromatic heterocycles. The third kappa shape index (κ3) is 5.30. The van der Waals surface area contributed by atoms with Crippen LogP contribution in [0.2, 0.25) is 0 Å². The number of aromatic nitrogens is 6. The van der Waals surface area contributed by atoms with Crippen molar-refractivity contribution in [3.05, 3.63) is 82.8 Å². The molecule has 180 valence electrons.